The van der Waals surface area contributed by atoms with Crippen LogP contribution in [0.5, 0.6) is 0 Å². The Morgan fingerprint density at radius 1 is 1.15 bits per heavy atom. The van der Waals surface area contributed by atoms with Gasteiger partial charge in [-0.1, -0.05) is 30.3 Å². The van der Waals surface area contributed by atoms with Crippen molar-refractivity contribution in [2.45, 2.75) is 13.5 Å². The van der Waals surface area contributed by atoms with Gasteiger partial charge in [0.15, 0.2) is 0 Å². The third-order valence-electron chi connectivity index (χ3n) is 3.80. The monoisotopic (exact) mass is 368 g/mol. The van der Waals surface area contributed by atoms with Gasteiger partial charge in [-0.15, -0.1) is 0 Å². The second-order valence-corrected chi connectivity index (χ2v) is 7.44. The number of aromatic nitrogens is 3. The van der Waals surface area contributed by atoms with E-state index in [9.17, 15) is 8.42 Å². The lowest BCUT2D eigenvalue weighted by molar-refractivity contribution is 0.562. The highest BCUT2D eigenvalue weighted by molar-refractivity contribution is 7.92. The van der Waals surface area contributed by atoms with Crippen molar-refractivity contribution in [1.82, 2.24) is 19.5 Å². The van der Waals surface area contributed by atoms with Crippen LogP contribution in [0.4, 0.5) is 0 Å². The molecule has 26 heavy (non-hydrogen) atoms. The predicted octanol–water partition coefficient (Wildman–Crippen LogP) is 2.84. The summed E-state index contributed by atoms with van der Waals surface area (Å²) in [6.45, 7) is 2.65. The largest absolute Gasteiger partial charge is 0.268 e. The fraction of sp³-hybridized carbons (Fsp3) is 0.158. The van der Waals surface area contributed by atoms with Crippen molar-refractivity contribution in [3.8, 4) is 11.3 Å². The highest BCUT2D eigenvalue weighted by Crippen LogP contribution is 2.17. The fourth-order valence-electron chi connectivity index (χ4n) is 2.47. The van der Waals surface area contributed by atoms with E-state index in [1.807, 2.05) is 55.5 Å². The zero-order chi connectivity index (χ0) is 18.4. The van der Waals surface area contributed by atoms with Gasteiger partial charge in [0, 0.05) is 35.6 Å². The molecule has 134 valence electrons. The van der Waals surface area contributed by atoms with Crippen LogP contribution in [0.3, 0.4) is 0 Å². The number of hydrogen-bond acceptors (Lipinski definition) is 4. The Bertz CT molecular complexity index is 981. The number of hydrogen-bond donors (Lipinski definition) is 1. The molecule has 2 aromatic heterocycles. The average Bonchev–Trinajstić information content (AvgIpc) is 3.02. The van der Waals surface area contributed by atoms with Crippen LogP contribution in [0.1, 0.15) is 11.3 Å². The van der Waals surface area contributed by atoms with Crippen molar-refractivity contribution in [2.75, 3.05) is 6.54 Å². The molecule has 0 saturated heterocycles. The Morgan fingerprint density at radius 2 is 1.96 bits per heavy atom. The minimum atomic E-state index is -3.49. The Labute approximate surface area is 153 Å². The van der Waals surface area contributed by atoms with Gasteiger partial charge in [-0.2, -0.15) is 5.10 Å². The quantitative estimate of drug-likeness (QED) is 0.696. The Kier molecular flexibility index (Phi) is 5.60. The molecule has 0 bridgehead atoms. The molecule has 0 amide bonds. The second-order valence-electron chi connectivity index (χ2n) is 5.79. The highest BCUT2D eigenvalue weighted by atomic mass is 32.2. The molecule has 6 nitrogen and oxygen atoms in total. The lowest BCUT2D eigenvalue weighted by Gasteiger charge is -2.05. The average molecular weight is 368 g/mol. The van der Waals surface area contributed by atoms with Gasteiger partial charge >= 0.3 is 0 Å². The molecule has 0 aliphatic carbocycles. The van der Waals surface area contributed by atoms with E-state index < -0.39 is 10.0 Å². The summed E-state index contributed by atoms with van der Waals surface area (Å²) in [5.41, 5.74) is 3.55. The maximum Gasteiger partial charge on any atom is 0.233 e. The highest BCUT2D eigenvalue weighted by Gasteiger charge is 2.08. The van der Waals surface area contributed by atoms with Gasteiger partial charge in [0.1, 0.15) is 0 Å². The molecule has 1 N–H and O–H groups in total. The van der Waals surface area contributed by atoms with Gasteiger partial charge in [0.05, 0.1) is 12.2 Å². The van der Waals surface area contributed by atoms with E-state index in [1.165, 1.54) is 5.41 Å². The van der Waals surface area contributed by atoms with Gasteiger partial charge in [-0.05, 0) is 36.8 Å². The third kappa shape index (κ3) is 4.87. The summed E-state index contributed by atoms with van der Waals surface area (Å²) in [6, 6.07) is 15.1. The van der Waals surface area contributed by atoms with Crippen molar-refractivity contribution < 1.29 is 8.42 Å². The van der Waals surface area contributed by atoms with Gasteiger partial charge in [-0.25, -0.2) is 13.1 Å². The first-order chi connectivity index (χ1) is 12.5. The minimum Gasteiger partial charge on any atom is -0.268 e. The first-order valence-electron chi connectivity index (χ1n) is 8.21. The molecule has 7 heteroatoms. The smallest absolute Gasteiger partial charge is 0.233 e. The summed E-state index contributed by atoms with van der Waals surface area (Å²) in [7, 11) is -3.49. The molecule has 0 aliphatic rings. The first kappa shape index (κ1) is 18.0. The second kappa shape index (κ2) is 8.07. The van der Waals surface area contributed by atoms with Crippen LogP contribution in [-0.2, 0) is 16.6 Å². The number of rotatable bonds is 7. The van der Waals surface area contributed by atoms with E-state index in [-0.39, 0.29) is 6.54 Å². The topological polar surface area (TPSA) is 76.9 Å². The maximum atomic E-state index is 12.1. The Balaban J connectivity index is 1.59. The van der Waals surface area contributed by atoms with Crippen molar-refractivity contribution in [3.05, 3.63) is 77.6 Å². The Hall–Kier alpha value is -2.77. The summed E-state index contributed by atoms with van der Waals surface area (Å²) in [4.78, 5) is 4.09. The van der Waals surface area contributed by atoms with E-state index in [0.29, 0.717) is 6.54 Å². The molecule has 3 rings (SSSR count). The summed E-state index contributed by atoms with van der Waals surface area (Å²) in [6.07, 6.45) is 5.04. The molecule has 0 spiro atoms. The van der Waals surface area contributed by atoms with E-state index in [0.717, 1.165) is 22.5 Å². The van der Waals surface area contributed by atoms with Gasteiger partial charge < -0.3 is 0 Å². The number of nitrogens with one attached hydrogen (secondary N) is 1. The molecule has 0 aliphatic heterocycles. The Morgan fingerprint density at radius 3 is 2.69 bits per heavy atom. The van der Waals surface area contributed by atoms with Crippen LogP contribution < -0.4 is 4.72 Å². The molecule has 0 radical (unpaired) electrons. The van der Waals surface area contributed by atoms with Crippen molar-refractivity contribution in [2.24, 2.45) is 0 Å². The molecule has 0 fully saturated rings. The summed E-state index contributed by atoms with van der Waals surface area (Å²) in [5, 5.41) is 5.70. The molecule has 0 unspecified atom stereocenters. The van der Waals surface area contributed by atoms with Crippen LogP contribution in [0.25, 0.3) is 17.3 Å². The van der Waals surface area contributed by atoms with Crippen LogP contribution >= 0.6 is 0 Å². The zero-order valence-electron chi connectivity index (χ0n) is 14.4. The van der Waals surface area contributed by atoms with Gasteiger partial charge in [0.25, 0.3) is 0 Å². The van der Waals surface area contributed by atoms with E-state index >= 15 is 0 Å². The van der Waals surface area contributed by atoms with Crippen LogP contribution in [0.15, 0.2) is 66.3 Å². The molecule has 2 heterocycles. The maximum absolute atomic E-state index is 12.1. The number of benzene rings is 1. The van der Waals surface area contributed by atoms with Gasteiger partial charge in [-0.3, -0.25) is 9.67 Å². The molecular formula is C19H20N4O2S. The van der Waals surface area contributed by atoms with E-state index in [2.05, 4.69) is 14.8 Å². The molecular weight excluding hydrogens is 348 g/mol. The number of sulfonamides is 1. The van der Waals surface area contributed by atoms with Gasteiger partial charge in [0.2, 0.25) is 10.0 Å². The summed E-state index contributed by atoms with van der Waals surface area (Å²) in [5.74, 6) is 0. The van der Waals surface area contributed by atoms with E-state index in [1.54, 1.807) is 23.2 Å². The number of pyridine rings is 1. The van der Waals surface area contributed by atoms with E-state index in [4.69, 9.17) is 0 Å². The molecule has 0 saturated carbocycles. The van der Waals surface area contributed by atoms with Crippen molar-refractivity contribution in [1.29, 1.82) is 0 Å². The van der Waals surface area contributed by atoms with Crippen LogP contribution in [0.2, 0.25) is 0 Å². The summed E-state index contributed by atoms with van der Waals surface area (Å²) < 4.78 is 28.5. The standard InChI is InChI=1S/C19H20N4O2S/c1-16-14-19(18-8-5-10-20-15-18)22-23(16)12-11-21-26(24,25)13-9-17-6-3-2-4-7-17/h2-10,13-15,21H,11-12H2,1H3. The molecule has 3 aromatic rings. The number of aryl methyl sites for hydroxylation is 1. The fourth-order valence-corrected chi connectivity index (χ4v) is 3.27. The van der Waals surface area contributed by atoms with Crippen molar-refractivity contribution >= 4 is 16.1 Å². The number of nitrogens with zero attached hydrogens (tertiary/aromatic N) is 3. The van der Waals surface area contributed by atoms with Crippen LogP contribution in [-0.4, -0.2) is 29.7 Å². The lowest BCUT2D eigenvalue weighted by atomic mass is 10.2. The van der Waals surface area contributed by atoms with Crippen LogP contribution in [0, 0.1) is 6.92 Å². The lowest BCUT2D eigenvalue weighted by Crippen LogP contribution is -2.26. The predicted molar refractivity (Wildman–Crippen MR) is 103 cm³/mol. The molecule has 1 aromatic carbocycles. The normalized spacial score (nSPS) is 11.9. The van der Waals surface area contributed by atoms with Crippen molar-refractivity contribution in [3.63, 3.8) is 0 Å². The first-order valence-corrected chi connectivity index (χ1v) is 9.76. The molecule has 0 atom stereocenters. The minimum absolute atomic E-state index is 0.260. The SMILES string of the molecule is Cc1cc(-c2cccnc2)nn1CCNS(=O)(=O)C=Cc1ccccc1. The zero-order valence-corrected chi connectivity index (χ0v) is 15.2. The summed E-state index contributed by atoms with van der Waals surface area (Å²) >= 11 is 0. The third-order valence-corrected chi connectivity index (χ3v) is 4.91.